The van der Waals surface area contributed by atoms with Gasteiger partial charge in [0.25, 0.3) is 0 Å². The van der Waals surface area contributed by atoms with Gasteiger partial charge in [-0.25, -0.2) is 8.91 Å². The van der Waals surface area contributed by atoms with Crippen molar-refractivity contribution >= 4 is 17.6 Å². The number of fused-ring (bicyclic) bond motifs is 1. The van der Waals surface area contributed by atoms with Crippen molar-refractivity contribution < 1.29 is 27.8 Å². The maximum Gasteiger partial charge on any atom is 0.387 e. The standard InChI is InChI=1S/C23H23F3N4O3/c24-14-3-4-21(33-23(25)26)16(10-14)18-2-1-7-29(18)15-5-9-30-19(11-15)17(12-27-30)22-20(32)6-8-28(22)13-31/h3-5,9-13,18,20,22-23,32H,1-2,6-8H2/t18-,20+,22?/m1/s1. The molecular weight excluding hydrogens is 437 g/mol. The molecule has 0 bridgehead atoms. The van der Waals surface area contributed by atoms with Crippen LogP contribution in [0.25, 0.3) is 5.52 Å². The van der Waals surface area contributed by atoms with Crippen LogP contribution >= 0.6 is 0 Å². The molecule has 3 atom stereocenters. The Balaban J connectivity index is 1.53. The number of carbonyl (C=O) groups excluding carboxylic acids is 1. The third-order valence-corrected chi connectivity index (χ3v) is 6.53. The molecule has 0 radical (unpaired) electrons. The number of amides is 1. The summed E-state index contributed by atoms with van der Waals surface area (Å²) < 4.78 is 46.3. The number of nitrogens with zero attached hydrogens (tertiary/aromatic N) is 4. The molecule has 2 aliphatic heterocycles. The summed E-state index contributed by atoms with van der Waals surface area (Å²) in [4.78, 5) is 15.1. The lowest BCUT2D eigenvalue weighted by Crippen LogP contribution is -2.26. The van der Waals surface area contributed by atoms with Crippen LogP contribution in [0, 0.1) is 5.82 Å². The fourth-order valence-electron chi connectivity index (χ4n) is 5.08. The molecule has 174 valence electrons. The monoisotopic (exact) mass is 460 g/mol. The molecule has 1 aromatic carbocycles. The van der Waals surface area contributed by atoms with Crippen LogP contribution in [-0.2, 0) is 4.79 Å². The van der Waals surface area contributed by atoms with Crippen molar-refractivity contribution in [2.45, 2.75) is 44.1 Å². The Bertz CT molecular complexity index is 1170. The van der Waals surface area contributed by atoms with Crippen molar-refractivity contribution in [1.29, 1.82) is 0 Å². The highest BCUT2D eigenvalue weighted by atomic mass is 19.3. The summed E-state index contributed by atoms with van der Waals surface area (Å²) in [6, 6.07) is 6.53. The zero-order valence-corrected chi connectivity index (χ0v) is 17.7. The van der Waals surface area contributed by atoms with Crippen molar-refractivity contribution in [3.05, 3.63) is 59.7 Å². The molecule has 2 fully saturated rings. The molecule has 0 saturated carbocycles. The van der Waals surface area contributed by atoms with Crippen molar-refractivity contribution in [3.8, 4) is 5.75 Å². The minimum absolute atomic E-state index is 0.0369. The molecular formula is C23H23F3N4O3. The van der Waals surface area contributed by atoms with Crippen LogP contribution in [0.5, 0.6) is 5.75 Å². The van der Waals surface area contributed by atoms with Crippen LogP contribution in [0.1, 0.15) is 42.5 Å². The number of benzene rings is 1. The number of aliphatic hydroxyl groups excluding tert-OH is 1. The van der Waals surface area contributed by atoms with Gasteiger partial charge >= 0.3 is 6.61 Å². The van der Waals surface area contributed by atoms with Gasteiger partial charge in [0.05, 0.1) is 29.9 Å². The SMILES string of the molecule is O=CN1CC[C@H](O)C1c1cnn2ccc(N3CCC[C@@H]3c3cc(F)ccc3OC(F)F)cc12. The average molecular weight is 460 g/mol. The van der Waals surface area contributed by atoms with E-state index in [1.807, 2.05) is 17.0 Å². The van der Waals surface area contributed by atoms with Gasteiger partial charge in [0.1, 0.15) is 11.6 Å². The van der Waals surface area contributed by atoms with Gasteiger partial charge in [-0.1, -0.05) is 0 Å². The number of carbonyl (C=O) groups is 1. The van der Waals surface area contributed by atoms with E-state index in [2.05, 4.69) is 9.84 Å². The Morgan fingerprint density at radius 3 is 2.79 bits per heavy atom. The maximum atomic E-state index is 14.0. The highest BCUT2D eigenvalue weighted by molar-refractivity contribution is 5.66. The largest absolute Gasteiger partial charge is 0.434 e. The molecule has 2 aromatic heterocycles. The van der Waals surface area contributed by atoms with E-state index in [-0.39, 0.29) is 11.8 Å². The molecule has 5 rings (SSSR count). The van der Waals surface area contributed by atoms with Crippen molar-refractivity contribution in [1.82, 2.24) is 14.5 Å². The molecule has 7 nitrogen and oxygen atoms in total. The molecule has 10 heteroatoms. The molecule has 3 aromatic rings. The van der Waals surface area contributed by atoms with Crippen LogP contribution < -0.4 is 9.64 Å². The van der Waals surface area contributed by atoms with Crippen LogP contribution in [0.15, 0.2) is 42.7 Å². The maximum absolute atomic E-state index is 14.0. The normalized spacial score (nSPS) is 23.1. The van der Waals surface area contributed by atoms with E-state index in [1.54, 1.807) is 21.8 Å². The number of rotatable bonds is 6. The minimum atomic E-state index is -3.01. The third-order valence-electron chi connectivity index (χ3n) is 6.53. The van der Waals surface area contributed by atoms with Gasteiger partial charge in [-0.2, -0.15) is 13.9 Å². The number of hydrogen-bond donors (Lipinski definition) is 1. The molecule has 33 heavy (non-hydrogen) atoms. The van der Waals surface area contributed by atoms with Crippen LogP contribution in [0.2, 0.25) is 0 Å². The number of likely N-dealkylation sites (tertiary alicyclic amines) is 1. The second kappa shape index (κ2) is 8.58. The molecule has 2 saturated heterocycles. The van der Waals surface area contributed by atoms with Crippen molar-refractivity contribution in [2.24, 2.45) is 0 Å². The molecule has 0 aliphatic carbocycles. The second-order valence-corrected chi connectivity index (χ2v) is 8.37. The first kappa shape index (κ1) is 21.6. The van der Waals surface area contributed by atoms with Crippen LogP contribution in [0.3, 0.4) is 0 Å². The number of ether oxygens (including phenoxy) is 1. The number of pyridine rings is 1. The highest BCUT2D eigenvalue weighted by Gasteiger charge is 2.36. The van der Waals surface area contributed by atoms with Crippen LogP contribution in [0.4, 0.5) is 18.9 Å². The van der Waals surface area contributed by atoms with Gasteiger partial charge < -0.3 is 19.6 Å². The Labute approximate surface area is 188 Å². The number of halogens is 3. The lowest BCUT2D eigenvalue weighted by atomic mass is 10.0. The Morgan fingerprint density at radius 2 is 2.00 bits per heavy atom. The van der Waals surface area contributed by atoms with Crippen molar-refractivity contribution in [2.75, 3.05) is 18.0 Å². The van der Waals surface area contributed by atoms with E-state index in [0.29, 0.717) is 31.5 Å². The first-order valence-corrected chi connectivity index (χ1v) is 10.8. The van der Waals surface area contributed by atoms with E-state index >= 15 is 0 Å². The number of hydrogen-bond acceptors (Lipinski definition) is 5. The lowest BCUT2D eigenvalue weighted by molar-refractivity contribution is -0.119. The first-order chi connectivity index (χ1) is 16.0. The summed E-state index contributed by atoms with van der Waals surface area (Å²) in [5, 5.41) is 14.8. The zero-order chi connectivity index (χ0) is 23.1. The number of alkyl halides is 2. The van der Waals surface area contributed by atoms with E-state index in [4.69, 9.17) is 0 Å². The van der Waals surface area contributed by atoms with Crippen molar-refractivity contribution in [3.63, 3.8) is 0 Å². The van der Waals surface area contributed by atoms with Gasteiger partial charge in [-0.05, 0) is 49.6 Å². The van der Waals surface area contributed by atoms with E-state index in [0.717, 1.165) is 35.7 Å². The predicted octanol–water partition coefficient (Wildman–Crippen LogP) is 3.68. The summed E-state index contributed by atoms with van der Waals surface area (Å²) in [5.41, 5.74) is 2.65. The number of anilines is 1. The first-order valence-electron chi connectivity index (χ1n) is 10.8. The van der Waals surface area contributed by atoms with Gasteiger partial charge in [0, 0.05) is 36.1 Å². The zero-order valence-electron chi connectivity index (χ0n) is 17.7. The fraction of sp³-hybridized carbons (Fsp3) is 0.391. The van der Waals surface area contributed by atoms with Gasteiger partial charge in [-0.15, -0.1) is 0 Å². The number of aliphatic hydroxyl groups is 1. The summed E-state index contributed by atoms with van der Waals surface area (Å²) in [7, 11) is 0. The molecule has 4 heterocycles. The Hall–Kier alpha value is -3.27. The Morgan fingerprint density at radius 1 is 1.15 bits per heavy atom. The number of aromatic nitrogens is 2. The molecule has 1 unspecified atom stereocenters. The quantitative estimate of drug-likeness (QED) is 0.569. The highest BCUT2D eigenvalue weighted by Crippen LogP contribution is 2.42. The summed E-state index contributed by atoms with van der Waals surface area (Å²) in [6.45, 7) is -1.89. The minimum Gasteiger partial charge on any atom is -0.434 e. The van der Waals surface area contributed by atoms with Gasteiger partial charge in [0.2, 0.25) is 6.41 Å². The summed E-state index contributed by atoms with van der Waals surface area (Å²) in [5.74, 6) is -0.554. The van der Waals surface area contributed by atoms with Gasteiger partial charge in [-0.3, -0.25) is 4.79 Å². The molecule has 1 amide bonds. The summed E-state index contributed by atoms with van der Waals surface area (Å²) in [6.07, 6.45) is 5.41. The van der Waals surface area contributed by atoms with Gasteiger partial charge in [0.15, 0.2) is 0 Å². The molecule has 1 N–H and O–H groups in total. The fourth-order valence-corrected chi connectivity index (χ4v) is 5.08. The lowest BCUT2D eigenvalue weighted by Gasteiger charge is -2.29. The Kier molecular flexibility index (Phi) is 5.61. The third kappa shape index (κ3) is 3.88. The predicted molar refractivity (Wildman–Crippen MR) is 114 cm³/mol. The van der Waals surface area contributed by atoms with E-state index in [1.165, 1.54) is 12.1 Å². The summed E-state index contributed by atoms with van der Waals surface area (Å²) >= 11 is 0. The van der Waals surface area contributed by atoms with Crippen LogP contribution in [-0.4, -0.2) is 51.8 Å². The smallest absolute Gasteiger partial charge is 0.387 e. The molecule has 2 aliphatic rings. The average Bonchev–Trinajstić information content (AvgIpc) is 3.52. The van der Waals surface area contributed by atoms with E-state index < -0.39 is 24.6 Å². The molecule has 0 spiro atoms. The second-order valence-electron chi connectivity index (χ2n) is 8.37. The van der Waals surface area contributed by atoms with E-state index in [9.17, 15) is 23.1 Å². The topological polar surface area (TPSA) is 70.3 Å².